The van der Waals surface area contributed by atoms with Gasteiger partial charge in [0.25, 0.3) is 0 Å². The molecule has 36 heavy (non-hydrogen) atoms. The number of hydrogen-bond acceptors (Lipinski definition) is 7. The second kappa shape index (κ2) is 25.8. The van der Waals surface area contributed by atoms with Crippen molar-refractivity contribution in [3.05, 3.63) is 0 Å². The predicted octanol–water partition coefficient (Wildman–Crippen LogP) is 0.0503. The Morgan fingerprint density at radius 1 is 0.556 bits per heavy atom. The van der Waals surface area contributed by atoms with E-state index in [1.165, 1.54) is 0 Å². The third kappa shape index (κ3) is 22.2. The van der Waals surface area contributed by atoms with Crippen molar-refractivity contribution in [2.24, 2.45) is 5.73 Å². The van der Waals surface area contributed by atoms with E-state index in [1.807, 2.05) is 34.6 Å². The van der Waals surface area contributed by atoms with Crippen LogP contribution in [0.25, 0.3) is 0 Å². The number of rotatable bonds is 21. The highest BCUT2D eigenvalue weighted by Gasteiger charge is 2.19. The Labute approximate surface area is 218 Å². The van der Waals surface area contributed by atoms with Gasteiger partial charge >= 0.3 is 0 Å². The lowest BCUT2D eigenvalue weighted by atomic mass is 10.3. The van der Waals surface area contributed by atoms with Gasteiger partial charge in [-0.25, -0.2) is 0 Å². The van der Waals surface area contributed by atoms with Crippen LogP contribution in [0.4, 0.5) is 0 Å². The maximum Gasteiger partial charge on any atom is 0.234 e. The van der Waals surface area contributed by atoms with E-state index < -0.39 is 0 Å². The third-order valence-corrected chi connectivity index (χ3v) is 4.90. The number of nitrogens with one attached hydrogen (secondary N) is 4. The molecule has 0 aliphatic rings. The molecule has 0 aliphatic heterocycles. The van der Waals surface area contributed by atoms with Gasteiger partial charge in [-0.3, -0.25) is 29.0 Å². The number of amides is 4. The molecule has 0 aromatic rings. The largest absolute Gasteiger partial charge is 0.355 e. The van der Waals surface area contributed by atoms with E-state index in [0.717, 1.165) is 25.7 Å². The normalized spacial score (nSPS) is 10.4. The SMILES string of the molecule is CC.CCCCNC(=O)CN(CCN(CC(=O)NCCC)CC(=O)NCCCN)CC(=O)NCCC. The highest BCUT2D eigenvalue weighted by Crippen LogP contribution is 1.96. The average molecular weight is 516 g/mol. The molecule has 4 amide bonds. The van der Waals surface area contributed by atoms with Crippen molar-refractivity contribution in [1.29, 1.82) is 0 Å². The molecule has 0 unspecified atom stereocenters. The number of hydrogen-bond donors (Lipinski definition) is 5. The van der Waals surface area contributed by atoms with Crippen LogP contribution in [0.1, 0.15) is 66.7 Å². The molecule has 0 aliphatic carbocycles. The predicted molar refractivity (Wildman–Crippen MR) is 145 cm³/mol. The molecule has 11 heteroatoms. The standard InChI is InChI=1S/C23H47N7O4.C2H6/c1-4-7-12-27-22(33)18-29(16-20(31)25-10-5-2)14-15-30(17-21(32)26-11-6-3)19-23(34)28-13-8-9-24;1-2/h4-19,24H2,1-3H3,(H,25,31)(H,26,32)(H,27,33)(H,28,34);1-2H3. The molecule has 0 fully saturated rings. The van der Waals surface area contributed by atoms with Crippen LogP contribution < -0.4 is 27.0 Å². The summed E-state index contributed by atoms with van der Waals surface area (Å²) in [7, 11) is 0. The summed E-state index contributed by atoms with van der Waals surface area (Å²) >= 11 is 0. The lowest BCUT2D eigenvalue weighted by molar-refractivity contribution is -0.128. The van der Waals surface area contributed by atoms with E-state index in [1.54, 1.807) is 9.80 Å². The molecule has 0 aromatic heterocycles. The van der Waals surface area contributed by atoms with Crippen molar-refractivity contribution < 1.29 is 19.2 Å². The van der Waals surface area contributed by atoms with Crippen LogP contribution >= 0.6 is 0 Å². The first-order valence-electron chi connectivity index (χ1n) is 13.6. The van der Waals surface area contributed by atoms with Crippen molar-refractivity contribution in [2.75, 3.05) is 72.0 Å². The van der Waals surface area contributed by atoms with Gasteiger partial charge in [0, 0.05) is 39.3 Å². The Hall–Kier alpha value is -2.24. The number of nitrogens with two attached hydrogens (primary N) is 1. The van der Waals surface area contributed by atoms with Crippen molar-refractivity contribution in [3.8, 4) is 0 Å². The molecule has 6 N–H and O–H groups in total. The van der Waals surface area contributed by atoms with Crippen molar-refractivity contribution in [1.82, 2.24) is 31.1 Å². The van der Waals surface area contributed by atoms with Crippen LogP contribution in [0.3, 0.4) is 0 Å². The quantitative estimate of drug-likeness (QED) is 0.136. The summed E-state index contributed by atoms with van der Waals surface area (Å²) in [5.74, 6) is -0.666. The average Bonchev–Trinajstić information content (AvgIpc) is 2.86. The molecular formula is C25H53N7O4. The van der Waals surface area contributed by atoms with Crippen molar-refractivity contribution >= 4 is 23.6 Å². The second-order valence-corrected chi connectivity index (χ2v) is 8.32. The summed E-state index contributed by atoms with van der Waals surface area (Å²) in [4.78, 5) is 52.7. The summed E-state index contributed by atoms with van der Waals surface area (Å²) in [6.45, 7) is 13.6. The maximum atomic E-state index is 12.4. The van der Waals surface area contributed by atoms with Gasteiger partial charge in [-0.2, -0.15) is 0 Å². The lowest BCUT2D eigenvalue weighted by Gasteiger charge is -2.26. The number of carbonyl (C=O) groups is 4. The molecule has 0 spiro atoms. The van der Waals surface area contributed by atoms with E-state index >= 15 is 0 Å². The second-order valence-electron chi connectivity index (χ2n) is 8.32. The fourth-order valence-electron chi connectivity index (χ4n) is 3.01. The molecule has 0 bridgehead atoms. The first-order chi connectivity index (χ1) is 17.4. The van der Waals surface area contributed by atoms with E-state index in [9.17, 15) is 19.2 Å². The number of unbranched alkanes of at least 4 members (excludes halogenated alkanes) is 1. The minimum atomic E-state index is -0.193. The molecule has 0 atom stereocenters. The van der Waals surface area contributed by atoms with Crippen LogP contribution in [0.2, 0.25) is 0 Å². The zero-order valence-corrected chi connectivity index (χ0v) is 23.4. The summed E-state index contributed by atoms with van der Waals surface area (Å²) in [6, 6.07) is 0. The van der Waals surface area contributed by atoms with Gasteiger partial charge < -0.3 is 27.0 Å². The Kier molecular flexibility index (Phi) is 25.8. The highest BCUT2D eigenvalue weighted by atomic mass is 16.2. The zero-order chi connectivity index (χ0) is 27.6. The van der Waals surface area contributed by atoms with Gasteiger partial charge in [-0.1, -0.05) is 41.0 Å². The van der Waals surface area contributed by atoms with Gasteiger partial charge in [0.05, 0.1) is 26.2 Å². The van der Waals surface area contributed by atoms with E-state index in [4.69, 9.17) is 5.73 Å². The Bertz CT molecular complexity index is 541. The van der Waals surface area contributed by atoms with Gasteiger partial charge in [0.2, 0.25) is 23.6 Å². The smallest absolute Gasteiger partial charge is 0.234 e. The first kappa shape index (κ1) is 35.9. The monoisotopic (exact) mass is 515 g/mol. The Morgan fingerprint density at radius 2 is 0.889 bits per heavy atom. The topological polar surface area (TPSA) is 149 Å². The number of carbonyl (C=O) groups excluding carboxylic acids is 4. The highest BCUT2D eigenvalue weighted by molar-refractivity contribution is 5.82. The molecule has 212 valence electrons. The first-order valence-corrected chi connectivity index (χ1v) is 13.6. The lowest BCUT2D eigenvalue weighted by Crippen LogP contribution is -2.49. The summed E-state index contributed by atoms with van der Waals surface area (Å²) < 4.78 is 0. The summed E-state index contributed by atoms with van der Waals surface area (Å²) in [5, 5.41) is 11.3. The van der Waals surface area contributed by atoms with Crippen LogP contribution in [0.15, 0.2) is 0 Å². The molecule has 0 radical (unpaired) electrons. The third-order valence-electron chi connectivity index (χ3n) is 4.90. The fourth-order valence-corrected chi connectivity index (χ4v) is 3.01. The molecule has 11 nitrogen and oxygen atoms in total. The van der Waals surface area contributed by atoms with Gasteiger partial charge in [-0.05, 0) is 32.2 Å². The molecule has 0 heterocycles. The van der Waals surface area contributed by atoms with E-state index in [2.05, 4.69) is 21.3 Å². The van der Waals surface area contributed by atoms with Gasteiger partial charge in [-0.15, -0.1) is 0 Å². The molecule has 0 rings (SSSR count). The van der Waals surface area contributed by atoms with Crippen LogP contribution in [0, 0.1) is 0 Å². The van der Waals surface area contributed by atoms with Crippen molar-refractivity contribution in [2.45, 2.75) is 66.7 Å². The van der Waals surface area contributed by atoms with E-state index in [0.29, 0.717) is 52.2 Å². The Morgan fingerprint density at radius 3 is 1.19 bits per heavy atom. The minimum absolute atomic E-state index is 0.0443. The van der Waals surface area contributed by atoms with Crippen LogP contribution in [0.5, 0.6) is 0 Å². The molecule has 0 saturated carbocycles. The summed E-state index contributed by atoms with van der Waals surface area (Å²) in [5.41, 5.74) is 5.47. The van der Waals surface area contributed by atoms with E-state index in [-0.39, 0.29) is 49.8 Å². The number of nitrogens with zero attached hydrogens (tertiary/aromatic N) is 2. The molecular weight excluding hydrogens is 462 g/mol. The van der Waals surface area contributed by atoms with Gasteiger partial charge in [0.15, 0.2) is 0 Å². The maximum absolute atomic E-state index is 12.4. The zero-order valence-electron chi connectivity index (χ0n) is 23.4. The van der Waals surface area contributed by atoms with Crippen molar-refractivity contribution in [3.63, 3.8) is 0 Å². The van der Waals surface area contributed by atoms with Crippen LogP contribution in [-0.4, -0.2) is 105 Å². The Balaban J connectivity index is 0. The van der Waals surface area contributed by atoms with Gasteiger partial charge in [0.1, 0.15) is 0 Å². The van der Waals surface area contributed by atoms with Crippen LogP contribution in [-0.2, 0) is 19.2 Å². The summed E-state index contributed by atoms with van der Waals surface area (Å²) in [6.07, 6.45) is 4.19. The molecule has 0 aromatic carbocycles. The minimum Gasteiger partial charge on any atom is -0.355 e. The molecule has 0 saturated heterocycles. The fraction of sp³-hybridized carbons (Fsp3) is 0.840.